The molecule has 19 heavy (non-hydrogen) atoms. The first kappa shape index (κ1) is 12.9. The van der Waals surface area contributed by atoms with Gasteiger partial charge in [-0.3, -0.25) is 9.59 Å². The minimum absolute atomic E-state index is 0.0838. The van der Waals surface area contributed by atoms with Crippen molar-refractivity contribution in [2.45, 2.75) is 43.9 Å². The predicted octanol–water partition coefficient (Wildman–Crippen LogP) is 0.605. The molecule has 3 rings (SSSR count). The van der Waals surface area contributed by atoms with Crippen molar-refractivity contribution < 1.29 is 24.2 Å². The molecule has 0 bridgehead atoms. The second-order valence-electron chi connectivity index (χ2n) is 5.55. The zero-order valence-electron chi connectivity index (χ0n) is 10.8. The standard InChI is InChI=1S/C13H19NO5/c15-11-2-1-5-14(11)10-3-4-13(18-6-7-19-13)8-9(10)12(16)17/h9-10H,1-8H2,(H,16,17)/t9-,10?/m1/s1. The molecule has 106 valence electrons. The van der Waals surface area contributed by atoms with Gasteiger partial charge in [-0.25, -0.2) is 0 Å². The Morgan fingerprint density at radius 2 is 2.11 bits per heavy atom. The van der Waals surface area contributed by atoms with E-state index in [1.165, 1.54) is 0 Å². The summed E-state index contributed by atoms with van der Waals surface area (Å²) in [7, 11) is 0. The SMILES string of the molecule is O=C(O)[C@@H]1CC2(CCC1N1CCCC1=O)OCCO2. The maximum Gasteiger partial charge on any atom is 0.308 e. The van der Waals surface area contributed by atoms with E-state index in [0.717, 1.165) is 6.42 Å². The molecule has 0 radical (unpaired) electrons. The molecule has 3 fully saturated rings. The van der Waals surface area contributed by atoms with Gasteiger partial charge in [-0.1, -0.05) is 0 Å². The Morgan fingerprint density at radius 1 is 1.37 bits per heavy atom. The number of ether oxygens (including phenoxy) is 2. The molecular formula is C13H19NO5. The Morgan fingerprint density at radius 3 is 2.68 bits per heavy atom. The van der Waals surface area contributed by atoms with E-state index >= 15 is 0 Å². The molecule has 6 heteroatoms. The van der Waals surface area contributed by atoms with E-state index < -0.39 is 17.7 Å². The second kappa shape index (κ2) is 4.76. The number of amides is 1. The lowest BCUT2D eigenvalue weighted by Gasteiger charge is -2.42. The quantitative estimate of drug-likeness (QED) is 0.794. The van der Waals surface area contributed by atoms with E-state index in [-0.39, 0.29) is 11.9 Å². The predicted molar refractivity (Wildman–Crippen MR) is 64.3 cm³/mol. The maximum atomic E-state index is 11.8. The molecule has 1 amide bonds. The topological polar surface area (TPSA) is 76.1 Å². The average Bonchev–Trinajstić information content (AvgIpc) is 3.00. The van der Waals surface area contributed by atoms with E-state index in [1.807, 2.05) is 0 Å². The number of rotatable bonds is 2. The Kier molecular flexibility index (Phi) is 3.22. The summed E-state index contributed by atoms with van der Waals surface area (Å²) in [6.07, 6.45) is 3.03. The maximum absolute atomic E-state index is 11.8. The molecule has 1 spiro atoms. The van der Waals surface area contributed by atoms with Crippen molar-refractivity contribution in [1.82, 2.24) is 4.90 Å². The number of hydrogen-bond acceptors (Lipinski definition) is 4. The first-order valence-corrected chi connectivity index (χ1v) is 6.91. The van der Waals surface area contributed by atoms with Crippen LogP contribution in [0.5, 0.6) is 0 Å². The van der Waals surface area contributed by atoms with E-state index in [9.17, 15) is 14.7 Å². The van der Waals surface area contributed by atoms with Crippen LogP contribution in [0.2, 0.25) is 0 Å². The smallest absolute Gasteiger partial charge is 0.308 e. The highest BCUT2D eigenvalue weighted by molar-refractivity contribution is 5.80. The highest BCUT2D eigenvalue weighted by atomic mass is 16.7. The van der Waals surface area contributed by atoms with Crippen LogP contribution in [0.15, 0.2) is 0 Å². The summed E-state index contributed by atoms with van der Waals surface area (Å²) in [4.78, 5) is 25.1. The summed E-state index contributed by atoms with van der Waals surface area (Å²) < 4.78 is 11.2. The Labute approximate surface area is 111 Å². The lowest BCUT2D eigenvalue weighted by atomic mass is 9.80. The van der Waals surface area contributed by atoms with Gasteiger partial charge >= 0.3 is 5.97 Å². The van der Waals surface area contributed by atoms with Gasteiger partial charge < -0.3 is 19.5 Å². The van der Waals surface area contributed by atoms with Crippen molar-refractivity contribution in [3.63, 3.8) is 0 Å². The summed E-state index contributed by atoms with van der Waals surface area (Å²) in [6, 6.07) is -0.203. The Bertz CT molecular complexity index is 390. The van der Waals surface area contributed by atoms with Crippen LogP contribution in [-0.4, -0.2) is 53.5 Å². The third-order valence-electron chi connectivity index (χ3n) is 4.46. The van der Waals surface area contributed by atoms with Gasteiger partial charge in [0.25, 0.3) is 0 Å². The van der Waals surface area contributed by atoms with Crippen molar-refractivity contribution in [3.05, 3.63) is 0 Å². The van der Waals surface area contributed by atoms with Gasteiger partial charge in [0.05, 0.1) is 19.1 Å². The van der Waals surface area contributed by atoms with Crippen molar-refractivity contribution in [1.29, 1.82) is 0 Å². The Balaban J connectivity index is 1.78. The zero-order valence-corrected chi connectivity index (χ0v) is 10.8. The molecule has 6 nitrogen and oxygen atoms in total. The molecular weight excluding hydrogens is 250 g/mol. The van der Waals surface area contributed by atoms with Gasteiger partial charge in [-0.05, 0) is 12.8 Å². The minimum Gasteiger partial charge on any atom is -0.481 e. The zero-order chi connectivity index (χ0) is 13.5. The molecule has 1 N–H and O–H groups in total. The van der Waals surface area contributed by atoms with E-state index in [4.69, 9.17) is 9.47 Å². The van der Waals surface area contributed by atoms with Gasteiger partial charge in [0.15, 0.2) is 5.79 Å². The van der Waals surface area contributed by atoms with Crippen molar-refractivity contribution in [3.8, 4) is 0 Å². The number of carbonyl (C=O) groups excluding carboxylic acids is 1. The third kappa shape index (κ3) is 2.23. The number of carboxylic acids is 1. The van der Waals surface area contributed by atoms with Gasteiger partial charge in [-0.15, -0.1) is 0 Å². The number of aliphatic carboxylic acids is 1. The van der Waals surface area contributed by atoms with Crippen LogP contribution in [0.3, 0.4) is 0 Å². The molecule has 3 aliphatic rings. The highest BCUT2D eigenvalue weighted by Gasteiger charge is 2.50. The van der Waals surface area contributed by atoms with Gasteiger partial charge in [0, 0.05) is 31.8 Å². The van der Waals surface area contributed by atoms with Gasteiger partial charge in [-0.2, -0.15) is 0 Å². The first-order chi connectivity index (χ1) is 9.11. The van der Waals surface area contributed by atoms with Crippen molar-refractivity contribution in [2.24, 2.45) is 5.92 Å². The third-order valence-corrected chi connectivity index (χ3v) is 4.46. The normalized spacial score (nSPS) is 34.1. The van der Waals surface area contributed by atoms with Gasteiger partial charge in [0.2, 0.25) is 5.91 Å². The number of carbonyl (C=O) groups is 2. The molecule has 1 saturated carbocycles. The van der Waals surface area contributed by atoms with Crippen molar-refractivity contribution >= 4 is 11.9 Å². The summed E-state index contributed by atoms with van der Waals surface area (Å²) in [5, 5.41) is 9.45. The number of hydrogen-bond donors (Lipinski definition) is 1. The van der Waals surface area contributed by atoms with Crippen LogP contribution in [0.25, 0.3) is 0 Å². The minimum atomic E-state index is -0.858. The summed E-state index contributed by atoms with van der Waals surface area (Å²) >= 11 is 0. The Hall–Kier alpha value is -1.14. The van der Waals surface area contributed by atoms with Crippen molar-refractivity contribution in [2.75, 3.05) is 19.8 Å². The largest absolute Gasteiger partial charge is 0.481 e. The molecule has 0 aromatic rings. The van der Waals surface area contributed by atoms with Crippen LogP contribution in [-0.2, 0) is 19.1 Å². The molecule has 1 unspecified atom stereocenters. The van der Waals surface area contributed by atoms with E-state index in [0.29, 0.717) is 45.4 Å². The number of likely N-dealkylation sites (tertiary alicyclic amines) is 1. The lowest BCUT2D eigenvalue weighted by Crippen LogP contribution is -2.52. The molecule has 0 aromatic carbocycles. The van der Waals surface area contributed by atoms with Crippen LogP contribution in [0.4, 0.5) is 0 Å². The van der Waals surface area contributed by atoms with Crippen LogP contribution >= 0.6 is 0 Å². The summed E-state index contributed by atoms with van der Waals surface area (Å²) in [5.41, 5.74) is 0. The number of carboxylic acid groups (broad SMARTS) is 1. The second-order valence-corrected chi connectivity index (χ2v) is 5.55. The summed E-state index contributed by atoms with van der Waals surface area (Å²) in [5.74, 6) is -2.08. The van der Waals surface area contributed by atoms with Crippen LogP contribution < -0.4 is 0 Å². The average molecular weight is 269 g/mol. The fraction of sp³-hybridized carbons (Fsp3) is 0.846. The monoisotopic (exact) mass is 269 g/mol. The van der Waals surface area contributed by atoms with E-state index in [2.05, 4.69) is 0 Å². The molecule has 2 heterocycles. The molecule has 2 aliphatic heterocycles. The van der Waals surface area contributed by atoms with E-state index in [1.54, 1.807) is 4.90 Å². The van der Waals surface area contributed by atoms with Crippen LogP contribution in [0, 0.1) is 5.92 Å². The highest BCUT2D eigenvalue weighted by Crippen LogP contribution is 2.41. The first-order valence-electron chi connectivity index (χ1n) is 6.91. The lowest BCUT2D eigenvalue weighted by molar-refractivity contribution is -0.202. The fourth-order valence-corrected chi connectivity index (χ4v) is 3.55. The molecule has 1 aliphatic carbocycles. The van der Waals surface area contributed by atoms with Gasteiger partial charge in [0.1, 0.15) is 0 Å². The van der Waals surface area contributed by atoms with Crippen LogP contribution in [0.1, 0.15) is 32.1 Å². The number of nitrogens with zero attached hydrogens (tertiary/aromatic N) is 1. The molecule has 2 atom stereocenters. The molecule has 2 saturated heterocycles. The summed E-state index contributed by atoms with van der Waals surface area (Å²) in [6.45, 7) is 1.74. The molecule has 0 aromatic heterocycles. The fourth-order valence-electron chi connectivity index (χ4n) is 3.55.